The van der Waals surface area contributed by atoms with Gasteiger partial charge in [0.25, 0.3) is 0 Å². The van der Waals surface area contributed by atoms with Crippen LogP contribution in [0.15, 0.2) is 47.7 Å². The molecule has 0 saturated heterocycles. The molecule has 1 aliphatic rings. The summed E-state index contributed by atoms with van der Waals surface area (Å²) in [5, 5.41) is 3.20. The first-order valence-corrected chi connectivity index (χ1v) is 11.8. The van der Waals surface area contributed by atoms with Gasteiger partial charge in [0.05, 0.1) is 24.8 Å². The summed E-state index contributed by atoms with van der Waals surface area (Å²) < 4.78 is 5.02. The number of amides is 2. The lowest BCUT2D eigenvalue weighted by molar-refractivity contribution is -0.143. The topological polar surface area (TPSA) is 127 Å². The lowest BCUT2D eigenvalue weighted by Gasteiger charge is -2.20. The smallest absolute Gasteiger partial charge is 0.308 e. The van der Waals surface area contributed by atoms with Crippen molar-refractivity contribution >= 4 is 46.1 Å². The number of rotatable bonds is 8. The van der Waals surface area contributed by atoms with Gasteiger partial charge in [-0.2, -0.15) is 0 Å². The highest BCUT2D eigenvalue weighted by Gasteiger charge is 2.28. The predicted octanol–water partition coefficient (Wildman–Crippen LogP) is 2.48. The zero-order valence-electron chi connectivity index (χ0n) is 18.6. The molecule has 0 radical (unpaired) electrons. The van der Waals surface area contributed by atoms with Gasteiger partial charge in [0.15, 0.2) is 5.17 Å². The van der Waals surface area contributed by atoms with Crippen molar-refractivity contribution in [3.63, 3.8) is 0 Å². The number of benzene rings is 1. The second kappa shape index (κ2) is 11.5. The first-order chi connectivity index (χ1) is 15.9. The molecule has 3 N–H and O–H groups in total. The Hall–Kier alpha value is -3.40. The zero-order chi connectivity index (χ0) is 23.8. The van der Waals surface area contributed by atoms with E-state index >= 15 is 0 Å². The molecule has 1 aliphatic heterocycles. The SMILES string of the molecule is CCOC(=O)CC(NC(=O)CC(=O)N1CCc2ccc(N=C(N)SC)cc21)c1cccnc1. The summed E-state index contributed by atoms with van der Waals surface area (Å²) in [7, 11) is 0. The van der Waals surface area contributed by atoms with E-state index in [0.717, 1.165) is 11.3 Å². The van der Waals surface area contributed by atoms with E-state index < -0.39 is 17.9 Å². The monoisotopic (exact) mass is 469 g/mol. The first-order valence-electron chi connectivity index (χ1n) is 10.6. The summed E-state index contributed by atoms with van der Waals surface area (Å²) >= 11 is 1.34. The number of nitrogens with two attached hydrogens (primary N) is 1. The summed E-state index contributed by atoms with van der Waals surface area (Å²) in [5.41, 5.74) is 8.86. The van der Waals surface area contributed by atoms with Crippen molar-refractivity contribution in [1.29, 1.82) is 0 Å². The number of hydrogen-bond acceptors (Lipinski definition) is 7. The van der Waals surface area contributed by atoms with Crippen molar-refractivity contribution in [3.05, 3.63) is 53.9 Å². The number of anilines is 1. The molecule has 10 heteroatoms. The third kappa shape index (κ3) is 6.55. The highest BCUT2D eigenvalue weighted by molar-refractivity contribution is 8.13. The van der Waals surface area contributed by atoms with Crippen LogP contribution in [0.3, 0.4) is 0 Å². The van der Waals surface area contributed by atoms with Gasteiger partial charge < -0.3 is 20.7 Å². The van der Waals surface area contributed by atoms with E-state index in [1.807, 2.05) is 18.4 Å². The van der Waals surface area contributed by atoms with Crippen LogP contribution in [0.25, 0.3) is 0 Å². The third-order valence-corrected chi connectivity index (χ3v) is 5.63. The summed E-state index contributed by atoms with van der Waals surface area (Å²) in [6.45, 7) is 2.45. The molecule has 0 spiro atoms. The number of nitrogens with one attached hydrogen (secondary N) is 1. The number of carbonyl (C=O) groups is 3. The van der Waals surface area contributed by atoms with Gasteiger partial charge in [-0.3, -0.25) is 19.4 Å². The van der Waals surface area contributed by atoms with Gasteiger partial charge in [-0.25, -0.2) is 4.99 Å². The molecule has 9 nitrogen and oxygen atoms in total. The van der Waals surface area contributed by atoms with Gasteiger partial charge in [0.2, 0.25) is 11.8 Å². The first kappa shape index (κ1) is 24.2. The van der Waals surface area contributed by atoms with Gasteiger partial charge in [-0.15, -0.1) is 0 Å². The molecule has 33 heavy (non-hydrogen) atoms. The highest BCUT2D eigenvalue weighted by atomic mass is 32.2. The lowest BCUT2D eigenvalue weighted by Crippen LogP contribution is -2.37. The van der Waals surface area contributed by atoms with Crippen LogP contribution in [-0.4, -0.2) is 47.3 Å². The number of fused-ring (bicyclic) bond motifs is 1. The fourth-order valence-corrected chi connectivity index (χ4v) is 3.76. The molecule has 3 rings (SSSR count). The Labute approximate surface area is 196 Å². The Morgan fingerprint density at radius 3 is 2.85 bits per heavy atom. The number of nitrogens with zero attached hydrogens (tertiary/aromatic N) is 3. The largest absolute Gasteiger partial charge is 0.466 e. The Morgan fingerprint density at radius 2 is 2.15 bits per heavy atom. The van der Waals surface area contributed by atoms with Crippen molar-refractivity contribution in [2.45, 2.75) is 32.2 Å². The van der Waals surface area contributed by atoms with Crippen LogP contribution in [0.5, 0.6) is 0 Å². The number of amidine groups is 1. The molecular formula is C23H27N5O4S. The van der Waals surface area contributed by atoms with E-state index in [9.17, 15) is 14.4 Å². The van der Waals surface area contributed by atoms with E-state index in [2.05, 4.69) is 15.3 Å². The van der Waals surface area contributed by atoms with Crippen LogP contribution in [0.2, 0.25) is 0 Å². The summed E-state index contributed by atoms with van der Waals surface area (Å²) in [6, 6.07) is 8.43. The van der Waals surface area contributed by atoms with Gasteiger partial charge >= 0.3 is 5.97 Å². The van der Waals surface area contributed by atoms with Gasteiger partial charge in [-0.05, 0) is 48.9 Å². The van der Waals surface area contributed by atoms with Crippen LogP contribution < -0.4 is 16.0 Å². The quantitative estimate of drug-likeness (QED) is 0.263. The van der Waals surface area contributed by atoms with E-state index in [-0.39, 0.29) is 25.4 Å². The number of carbonyl (C=O) groups excluding carboxylic acids is 3. The van der Waals surface area contributed by atoms with Crippen molar-refractivity contribution in [2.75, 3.05) is 24.3 Å². The van der Waals surface area contributed by atoms with E-state index in [4.69, 9.17) is 10.5 Å². The second-order valence-corrected chi connectivity index (χ2v) is 8.18. The second-order valence-electron chi connectivity index (χ2n) is 7.35. The number of ether oxygens (including phenoxy) is 1. The van der Waals surface area contributed by atoms with Gasteiger partial charge in [0.1, 0.15) is 6.42 Å². The molecule has 1 aromatic carbocycles. The van der Waals surface area contributed by atoms with Crippen molar-refractivity contribution in [1.82, 2.24) is 10.3 Å². The normalized spacial score (nSPS) is 13.9. The van der Waals surface area contributed by atoms with Crippen LogP contribution in [0, 0.1) is 0 Å². The van der Waals surface area contributed by atoms with Gasteiger partial charge in [-0.1, -0.05) is 23.9 Å². The average Bonchev–Trinajstić information content (AvgIpc) is 3.22. The van der Waals surface area contributed by atoms with Crippen LogP contribution >= 0.6 is 11.8 Å². The molecule has 1 atom stereocenters. The van der Waals surface area contributed by atoms with Crippen molar-refractivity contribution < 1.29 is 19.1 Å². The molecule has 2 amide bonds. The maximum absolute atomic E-state index is 12.9. The molecule has 1 aromatic heterocycles. The van der Waals surface area contributed by atoms with Crippen LogP contribution in [0.1, 0.15) is 36.9 Å². The summed E-state index contributed by atoms with van der Waals surface area (Å²) in [4.78, 5) is 47.6. The number of thioether (sulfide) groups is 1. The minimum atomic E-state index is -0.639. The molecule has 2 heterocycles. The maximum atomic E-state index is 12.9. The molecule has 0 fully saturated rings. The number of hydrogen-bond donors (Lipinski definition) is 2. The molecule has 0 saturated carbocycles. The van der Waals surface area contributed by atoms with Crippen molar-refractivity contribution in [2.24, 2.45) is 10.7 Å². The predicted molar refractivity (Wildman–Crippen MR) is 128 cm³/mol. The van der Waals surface area contributed by atoms with E-state index in [0.29, 0.717) is 29.4 Å². The Bertz CT molecular complexity index is 1040. The summed E-state index contributed by atoms with van der Waals surface area (Å²) in [6.07, 6.45) is 5.31. The fourth-order valence-electron chi connectivity index (χ4n) is 3.57. The standard InChI is InChI=1S/C23H27N5O4S/c1-3-32-22(31)12-18(16-5-4-9-25-14-16)27-20(29)13-21(30)28-10-8-15-6-7-17(11-19(15)28)26-23(24)33-2/h4-7,9,11,14,18H,3,8,10,12-13H2,1-2H3,(H2,24,26)(H,27,29). The Balaban J connectivity index is 1.69. The van der Waals surface area contributed by atoms with E-state index in [1.54, 1.807) is 42.4 Å². The highest BCUT2D eigenvalue weighted by Crippen LogP contribution is 2.32. The number of aromatic nitrogens is 1. The molecular weight excluding hydrogens is 442 g/mol. The Kier molecular flexibility index (Phi) is 8.42. The maximum Gasteiger partial charge on any atom is 0.308 e. The zero-order valence-corrected chi connectivity index (χ0v) is 19.4. The fraction of sp³-hybridized carbons (Fsp3) is 0.348. The lowest BCUT2D eigenvalue weighted by atomic mass is 10.1. The molecule has 1 unspecified atom stereocenters. The van der Waals surface area contributed by atoms with Crippen molar-refractivity contribution in [3.8, 4) is 0 Å². The van der Waals surface area contributed by atoms with E-state index in [1.165, 1.54) is 11.8 Å². The van der Waals surface area contributed by atoms with Gasteiger partial charge in [0, 0.05) is 24.6 Å². The summed E-state index contributed by atoms with van der Waals surface area (Å²) in [5.74, 6) is -1.25. The third-order valence-electron chi connectivity index (χ3n) is 5.12. The number of aliphatic imine (C=N–C) groups is 1. The minimum absolute atomic E-state index is 0.0514. The van der Waals surface area contributed by atoms with Crippen LogP contribution in [-0.2, 0) is 25.5 Å². The number of pyridine rings is 1. The number of esters is 1. The van der Waals surface area contributed by atoms with Crippen LogP contribution in [0.4, 0.5) is 11.4 Å². The molecule has 0 aliphatic carbocycles. The Morgan fingerprint density at radius 1 is 1.33 bits per heavy atom. The molecule has 174 valence electrons. The average molecular weight is 470 g/mol. The minimum Gasteiger partial charge on any atom is -0.466 e. The molecule has 0 bridgehead atoms. The molecule has 2 aromatic rings.